The summed E-state index contributed by atoms with van der Waals surface area (Å²) < 4.78 is 22.0. The summed E-state index contributed by atoms with van der Waals surface area (Å²) in [5.74, 6) is 1.18. The lowest BCUT2D eigenvalue weighted by Gasteiger charge is -2.42. The topological polar surface area (TPSA) is 40.1 Å². The van der Waals surface area contributed by atoms with Gasteiger partial charge in [-0.05, 0) is 5.92 Å². The molecule has 0 aliphatic carbocycles. The molecule has 12 heavy (non-hydrogen) atoms. The third-order valence-corrected chi connectivity index (χ3v) is 4.11. The van der Waals surface area contributed by atoms with Gasteiger partial charge in [-0.1, -0.05) is 13.8 Å². The Bertz CT molecular complexity index is 197. The Labute approximate surface area is 76.8 Å². The molecule has 1 rings (SSSR count). The summed E-state index contributed by atoms with van der Waals surface area (Å²) >= 11 is -1.97. The number of quaternary nitrogens is 1. The van der Waals surface area contributed by atoms with Crippen molar-refractivity contribution < 1.29 is 12.6 Å². The van der Waals surface area contributed by atoms with E-state index in [1.807, 2.05) is 0 Å². The Morgan fingerprint density at radius 1 is 1.42 bits per heavy atom. The summed E-state index contributed by atoms with van der Waals surface area (Å²) in [6.45, 7) is 5.86. The lowest BCUT2D eigenvalue weighted by Crippen LogP contribution is -2.53. The van der Waals surface area contributed by atoms with Crippen LogP contribution in [0.5, 0.6) is 0 Å². The second-order valence-electron chi connectivity index (χ2n) is 4.16. The molecule has 3 nitrogen and oxygen atoms in total. The molecule has 0 aromatic rings. The van der Waals surface area contributed by atoms with E-state index < -0.39 is 11.3 Å². The molecule has 0 bridgehead atoms. The van der Waals surface area contributed by atoms with Crippen LogP contribution in [0.4, 0.5) is 0 Å². The lowest BCUT2D eigenvalue weighted by molar-refractivity contribution is -0.797. The van der Waals surface area contributed by atoms with Crippen molar-refractivity contribution in [3.63, 3.8) is 0 Å². The van der Waals surface area contributed by atoms with E-state index in [9.17, 15) is 8.76 Å². The van der Waals surface area contributed by atoms with Gasteiger partial charge in [0.1, 0.15) is 11.3 Å². The van der Waals surface area contributed by atoms with Crippen molar-refractivity contribution in [2.45, 2.75) is 20.3 Å². The maximum Gasteiger partial charge on any atom is 0.148 e. The molecule has 1 saturated heterocycles. The van der Waals surface area contributed by atoms with Gasteiger partial charge in [-0.15, -0.1) is 0 Å². The van der Waals surface area contributed by atoms with E-state index in [0.29, 0.717) is 11.8 Å². The van der Waals surface area contributed by atoms with Crippen molar-refractivity contribution in [3.05, 3.63) is 0 Å². The molecule has 0 aromatic heterocycles. The van der Waals surface area contributed by atoms with Crippen molar-refractivity contribution in [2.75, 3.05) is 20.1 Å². The molecule has 1 heterocycles. The van der Waals surface area contributed by atoms with Crippen LogP contribution in [0, 0.1) is 11.8 Å². The lowest BCUT2D eigenvalue weighted by atomic mass is 9.89. The second-order valence-corrected chi connectivity index (χ2v) is 5.48. The average Bonchev–Trinajstić information content (AvgIpc) is 1.97. The highest BCUT2D eigenvalue weighted by atomic mass is 32.2. The number of hydrogen-bond acceptors (Lipinski definition) is 2. The van der Waals surface area contributed by atoms with E-state index in [4.69, 9.17) is 0 Å². The molecule has 1 fully saturated rings. The van der Waals surface area contributed by atoms with Crippen LogP contribution in [0.1, 0.15) is 20.3 Å². The fourth-order valence-electron chi connectivity index (χ4n) is 1.78. The highest BCUT2D eigenvalue weighted by molar-refractivity contribution is 7.73. The first-order chi connectivity index (χ1) is 5.46. The van der Waals surface area contributed by atoms with Crippen molar-refractivity contribution >= 4 is 11.3 Å². The van der Waals surface area contributed by atoms with E-state index in [1.165, 1.54) is 0 Å². The number of nitrogens with zero attached hydrogens (tertiary/aromatic N) is 1. The first-order valence-corrected chi connectivity index (χ1v) is 5.43. The standard InChI is InChI=1S/C8H17NO2S/c1-7-4-5-9(3,12(10)11)6-8(7)2/h7-8H,4-6H2,1-3H3/t7-,8?,9-/m1/s1. The summed E-state index contributed by atoms with van der Waals surface area (Å²) in [6.07, 6.45) is 1.02. The Morgan fingerprint density at radius 3 is 2.42 bits per heavy atom. The Kier molecular flexibility index (Phi) is 2.91. The molecule has 72 valence electrons. The summed E-state index contributed by atoms with van der Waals surface area (Å²) in [5.41, 5.74) is 0. The van der Waals surface area contributed by atoms with E-state index in [2.05, 4.69) is 13.8 Å². The van der Waals surface area contributed by atoms with Crippen LogP contribution in [-0.2, 0) is 11.3 Å². The van der Waals surface area contributed by atoms with Crippen LogP contribution in [0.25, 0.3) is 0 Å². The quantitative estimate of drug-likeness (QED) is 0.456. The zero-order chi connectivity index (χ0) is 9.35. The highest BCUT2D eigenvalue weighted by Gasteiger charge is 2.34. The van der Waals surface area contributed by atoms with Crippen LogP contribution in [0.3, 0.4) is 0 Å². The van der Waals surface area contributed by atoms with Crippen LogP contribution < -0.4 is 0 Å². The van der Waals surface area contributed by atoms with Gasteiger partial charge in [0.2, 0.25) is 0 Å². The van der Waals surface area contributed by atoms with Gasteiger partial charge in [-0.3, -0.25) is 3.89 Å². The molecule has 0 spiro atoms. The van der Waals surface area contributed by atoms with Gasteiger partial charge in [0.05, 0.1) is 20.1 Å². The minimum Gasteiger partial charge on any atom is -0.724 e. The maximum atomic E-state index is 10.9. The van der Waals surface area contributed by atoms with E-state index >= 15 is 0 Å². The maximum absolute atomic E-state index is 10.9. The fourth-order valence-corrected chi connectivity index (χ4v) is 2.39. The minimum absolute atomic E-state index is 0.200. The van der Waals surface area contributed by atoms with E-state index in [-0.39, 0.29) is 3.89 Å². The van der Waals surface area contributed by atoms with Crippen LogP contribution in [-0.4, -0.2) is 32.8 Å². The third-order valence-electron chi connectivity index (χ3n) is 3.06. The monoisotopic (exact) mass is 191 g/mol. The smallest absolute Gasteiger partial charge is 0.148 e. The molecule has 0 radical (unpaired) electrons. The molecule has 0 saturated carbocycles. The number of likely N-dealkylation sites (tertiary alicyclic amines) is 1. The van der Waals surface area contributed by atoms with Crippen molar-refractivity contribution in [1.82, 2.24) is 0 Å². The largest absolute Gasteiger partial charge is 0.724 e. The summed E-state index contributed by atoms with van der Waals surface area (Å²) in [5, 5.41) is 0. The van der Waals surface area contributed by atoms with Gasteiger partial charge in [0.25, 0.3) is 0 Å². The van der Waals surface area contributed by atoms with Crippen LogP contribution in [0.15, 0.2) is 0 Å². The Balaban J connectivity index is 2.66. The molecule has 1 aliphatic rings. The van der Waals surface area contributed by atoms with Gasteiger partial charge < -0.3 is 4.55 Å². The van der Waals surface area contributed by atoms with Gasteiger partial charge in [0, 0.05) is 12.3 Å². The zero-order valence-corrected chi connectivity index (χ0v) is 8.76. The van der Waals surface area contributed by atoms with Crippen molar-refractivity contribution in [1.29, 1.82) is 0 Å². The first-order valence-electron chi connectivity index (χ1n) is 4.40. The first kappa shape index (κ1) is 10.2. The summed E-state index contributed by atoms with van der Waals surface area (Å²) in [6, 6.07) is 0. The summed E-state index contributed by atoms with van der Waals surface area (Å²) in [7, 11) is 1.80. The molecule has 0 N–H and O–H groups in total. The molecule has 2 unspecified atom stereocenters. The van der Waals surface area contributed by atoms with Crippen LogP contribution >= 0.6 is 0 Å². The molecule has 0 amide bonds. The molecule has 0 aromatic carbocycles. The molecule has 4 heteroatoms. The molecular weight excluding hydrogens is 174 g/mol. The van der Waals surface area contributed by atoms with Crippen LogP contribution in [0.2, 0.25) is 0 Å². The Hall–Kier alpha value is 0.0700. The molecular formula is C8H17NO2S. The second kappa shape index (κ2) is 3.44. The molecule has 4 atom stereocenters. The van der Waals surface area contributed by atoms with E-state index in [0.717, 1.165) is 19.5 Å². The van der Waals surface area contributed by atoms with Crippen molar-refractivity contribution in [2.24, 2.45) is 11.8 Å². The summed E-state index contributed by atoms with van der Waals surface area (Å²) in [4.78, 5) is 0. The SMILES string of the molecule is CC1C[N@+](C)(S(=O)[O-])CC[C@H]1C. The normalized spacial score (nSPS) is 45.7. The van der Waals surface area contributed by atoms with Gasteiger partial charge >= 0.3 is 0 Å². The molecule has 1 aliphatic heterocycles. The highest BCUT2D eigenvalue weighted by Crippen LogP contribution is 2.27. The number of hydrogen-bond donors (Lipinski definition) is 0. The third kappa shape index (κ3) is 1.87. The zero-order valence-electron chi connectivity index (χ0n) is 7.95. The number of piperidine rings is 1. The van der Waals surface area contributed by atoms with E-state index in [1.54, 1.807) is 7.05 Å². The predicted octanol–water partition coefficient (Wildman–Crippen LogP) is 0.903. The Morgan fingerprint density at radius 2 is 2.00 bits per heavy atom. The van der Waals surface area contributed by atoms with Gasteiger partial charge in [0.15, 0.2) is 0 Å². The van der Waals surface area contributed by atoms with Gasteiger partial charge in [-0.25, -0.2) is 4.21 Å². The average molecular weight is 191 g/mol. The fraction of sp³-hybridized carbons (Fsp3) is 1.00. The van der Waals surface area contributed by atoms with Crippen molar-refractivity contribution in [3.8, 4) is 0 Å². The number of rotatable bonds is 1. The van der Waals surface area contributed by atoms with Gasteiger partial charge in [-0.2, -0.15) is 0 Å². The minimum atomic E-state index is -1.97. The predicted molar refractivity (Wildman–Crippen MR) is 47.8 cm³/mol.